The molecule has 8 nitrogen and oxygen atoms in total. The SMILES string of the molecule is CCOc1cc(C=NNC(=O)C(=O)Nc2ccc(Cl)cc2)ccc1OC(=O)c1ccc(Cl)cc1Cl. The van der Waals surface area contributed by atoms with Crippen molar-refractivity contribution in [3.63, 3.8) is 0 Å². The van der Waals surface area contributed by atoms with E-state index in [1.165, 1.54) is 30.5 Å². The number of benzene rings is 3. The van der Waals surface area contributed by atoms with Crippen LogP contribution in [0.2, 0.25) is 15.1 Å². The molecule has 0 bridgehead atoms. The summed E-state index contributed by atoms with van der Waals surface area (Å²) in [6, 6.07) is 15.3. The first-order chi connectivity index (χ1) is 16.8. The van der Waals surface area contributed by atoms with Crippen LogP contribution in [0.5, 0.6) is 11.5 Å². The van der Waals surface area contributed by atoms with E-state index in [-0.39, 0.29) is 22.1 Å². The van der Waals surface area contributed by atoms with Gasteiger partial charge in [0.15, 0.2) is 11.5 Å². The van der Waals surface area contributed by atoms with Gasteiger partial charge in [-0.3, -0.25) is 9.59 Å². The Hall–Kier alpha value is -3.59. The molecular formula is C24H18Cl3N3O5. The lowest BCUT2D eigenvalue weighted by Gasteiger charge is -2.12. The fourth-order valence-corrected chi connectivity index (χ4v) is 3.32. The highest BCUT2D eigenvalue weighted by Crippen LogP contribution is 2.30. The number of nitrogens with one attached hydrogen (secondary N) is 2. The molecule has 0 saturated carbocycles. The molecule has 3 aromatic carbocycles. The van der Waals surface area contributed by atoms with Gasteiger partial charge in [0, 0.05) is 15.7 Å². The predicted octanol–water partition coefficient (Wildman–Crippen LogP) is 5.35. The smallest absolute Gasteiger partial charge is 0.345 e. The summed E-state index contributed by atoms with van der Waals surface area (Å²) in [5.74, 6) is -2.13. The van der Waals surface area contributed by atoms with Crippen LogP contribution in [0.1, 0.15) is 22.8 Å². The van der Waals surface area contributed by atoms with Crippen molar-refractivity contribution in [2.45, 2.75) is 6.92 Å². The van der Waals surface area contributed by atoms with E-state index >= 15 is 0 Å². The summed E-state index contributed by atoms with van der Waals surface area (Å²) in [5, 5.41) is 7.24. The normalized spacial score (nSPS) is 10.6. The lowest BCUT2D eigenvalue weighted by atomic mass is 10.2. The van der Waals surface area contributed by atoms with E-state index in [2.05, 4.69) is 15.8 Å². The molecule has 0 spiro atoms. The maximum atomic E-state index is 12.5. The van der Waals surface area contributed by atoms with Crippen molar-refractivity contribution in [1.82, 2.24) is 5.43 Å². The Balaban J connectivity index is 1.65. The minimum Gasteiger partial charge on any atom is -0.490 e. The number of carbonyl (C=O) groups excluding carboxylic acids is 3. The van der Waals surface area contributed by atoms with Gasteiger partial charge in [0.1, 0.15) is 0 Å². The van der Waals surface area contributed by atoms with Crippen LogP contribution in [-0.2, 0) is 9.59 Å². The lowest BCUT2D eigenvalue weighted by molar-refractivity contribution is -0.136. The topological polar surface area (TPSA) is 106 Å². The van der Waals surface area contributed by atoms with Gasteiger partial charge in [-0.05, 0) is 73.2 Å². The minimum atomic E-state index is -0.966. The Morgan fingerprint density at radius 2 is 1.60 bits per heavy atom. The maximum Gasteiger partial charge on any atom is 0.345 e. The van der Waals surface area contributed by atoms with Gasteiger partial charge in [-0.15, -0.1) is 0 Å². The molecular weight excluding hydrogens is 517 g/mol. The number of anilines is 1. The Bertz CT molecular complexity index is 1280. The third kappa shape index (κ3) is 7.45. The van der Waals surface area contributed by atoms with Crippen molar-refractivity contribution in [2.75, 3.05) is 11.9 Å². The van der Waals surface area contributed by atoms with Gasteiger partial charge < -0.3 is 14.8 Å². The molecule has 35 heavy (non-hydrogen) atoms. The molecule has 0 aromatic heterocycles. The second-order valence-electron chi connectivity index (χ2n) is 6.81. The number of nitrogens with zero attached hydrogens (tertiary/aromatic N) is 1. The summed E-state index contributed by atoms with van der Waals surface area (Å²) in [6.07, 6.45) is 1.30. The molecule has 0 aliphatic heterocycles. The molecule has 3 rings (SSSR count). The Morgan fingerprint density at radius 1 is 0.886 bits per heavy atom. The molecule has 3 aromatic rings. The van der Waals surface area contributed by atoms with Crippen LogP contribution in [0, 0.1) is 0 Å². The van der Waals surface area contributed by atoms with Gasteiger partial charge in [-0.25, -0.2) is 10.2 Å². The predicted molar refractivity (Wildman–Crippen MR) is 135 cm³/mol. The van der Waals surface area contributed by atoms with Crippen molar-refractivity contribution in [2.24, 2.45) is 5.10 Å². The molecule has 11 heteroatoms. The zero-order valence-electron chi connectivity index (χ0n) is 18.2. The zero-order valence-corrected chi connectivity index (χ0v) is 20.4. The lowest BCUT2D eigenvalue weighted by Crippen LogP contribution is -2.32. The molecule has 0 saturated heterocycles. The van der Waals surface area contributed by atoms with Gasteiger partial charge in [0.2, 0.25) is 0 Å². The van der Waals surface area contributed by atoms with Gasteiger partial charge in [-0.1, -0.05) is 34.8 Å². The Kier molecular flexibility index (Phi) is 9.08. The van der Waals surface area contributed by atoms with Crippen molar-refractivity contribution in [1.29, 1.82) is 0 Å². The number of rotatable bonds is 7. The number of carbonyl (C=O) groups is 3. The zero-order chi connectivity index (χ0) is 25.4. The molecule has 0 aliphatic carbocycles. The van der Waals surface area contributed by atoms with E-state index in [9.17, 15) is 14.4 Å². The summed E-state index contributed by atoms with van der Waals surface area (Å²) in [6.45, 7) is 2.07. The maximum absolute atomic E-state index is 12.5. The molecule has 0 radical (unpaired) electrons. The number of hydrogen-bond donors (Lipinski definition) is 2. The number of halogens is 3. The van der Waals surface area contributed by atoms with Gasteiger partial charge in [0.25, 0.3) is 0 Å². The fourth-order valence-electron chi connectivity index (χ4n) is 2.70. The van der Waals surface area contributed by atoms with Crippen LogP contribution in [0.3, 0.4) is 0 Å². The molecule has 0 fully saturated rings. The summed E-state index contributed by atoms with van der Waals surface area (Å²) >= 11 is 17.7. The molecule has 180 valence electrons. The fraction of sp³-hybridized carbons (Fsp3) is 0.0833. The third-order valence-corrected chi connectivity index (χ3v) is 5.11. The molecule has 0 unspecified atom stereocenters. The second-order valence-corrected chi connectivity index (χ2v) is 8.09. The highest BCUT2D eigenvalue weighted by atomic mass is 35.5. The average Bonchev–Trinajstić information content (AvgIpc) is 2.82. The van der Waals surface area contributed by atoms with E-state index in [1.54, 1.807) is 43.3 Å². The van der Waals surface area contributed by atoms with E-state index in [1.807, 2.05) is 0 Å². The van der Waals surface area contributed by atoms with Crippen LogP contribution in [-0.4, -0.2) is 30.6 Å². The Labute approximate surface area is 215 Å². The van der Waals surface area contributed by atoms with Gasteiger partial charge in [-0.2, -0.15) is 5.10 Å². The van der Waals surface area contributed by atoms with E-state index in [4.69, 9.17) is 44.3 Å². The molecule has 0 heterocycles. The molecule has 2 N–H and O–H groups in total. The van der Waals surface area contributed by atoms with Crippen LogP contribution in [0.15, 0.2) is 65.8 Å². The van der Waals surface area contributed by atoms with Crippen molar-refractivity contribution in [3.8, 4) is 11.5 Å². The quantitative estimate of drug-likeness (QED) is 0.140. The monoisotopic (exact) mass is 533 g/mol. The summed E-state index contributed by atoms with van der Waals surface area (Å²) in [4.78, 5) is 36.5. The van der Waals surface area contributed by atoms with Crippen LogP contribution >= 0.6 is 34.8 Å². The van der Waals surface area contributed by atoms with Crippen LogP contribution < -0.4 is 20.2 Å². The first kappa shape index (κ1) is 26.0. The van der Waals surface area contributed by atoms with Crippen LogP contribution in [0.25, 0.3) is 0 Å². The Morgan fingerprint density at radius 3 is 2.29 bits per heavy atom. The minimum absolute atomic E-state index is 0.142. The van der Waals surface area contributed by atoms with Gasteiger partial charge in [0.05, 0.1) is 23.4 Å². The number of ether oxygens (including phenoxy) is 2. The molecule has 0 atom stereocenters. The van der Waals surface area contributed by atoms with E-state index < -0.39 is 17.8 Å². The first-order valence-corrected chi connectivity index (χ1v) is 11.2. The van der Waals surface area contributed by atoms with E-state index in [0.29, 0.717) is 27.9 Å². The second kappa shape index (κ2) is 12.2. The highest BCUT2D eigenvalue weighted by molar-refractivity contribution is 6.39. The molecule has 2 amide bonds. The highest BCUT2D eigenvalue weighted by Gasteiger charge is 2.17. The van der Waals surface area contributed by atoms with Gasteiger partial charge >= 0.3 is 17.8 Å². The summed E-state index contributed by atoms with van der Waals surface area (Å²) in [5.41, 5.74) is 3.19. The molecule has 0 aliphatic rings. The number of hydrogen-bond acceptors (Lipinski definition) is 6. The largest absolute Gasteiger partial charge is 0.490 e. The van der Waals surface area contributed by atoms with E-state index in [0.717, 1.165) is 0 Å². The number of esters is 1. The van der Waals surface area contributed by atoms with Crippen LogP contribution in [0.4, 0.5) is 5.69 Å². The average molecular weight is 535 g/mol. The number of amides is 2. The standard InChI is InChI=1S/C24H18Cl3N3O5/c1-2-34-21-11-14(3-10-20(21)35-24(33)18-9-6-16(26)12-19(18)27)13-28-30-23(32)22(31)29-17-7-4-15(25)5-8-17/h3-13H,2H2,1H3,(H,29,31)(H,30,32). The van der Waals surface area contributed by atoms with Crippen molar-refractivity contribution in [3.05, 3.63) is 86.9 Å². The summed E-state index contributed by atoms with van der Waals surface area (Å²) in [7, 11) is 0. The van der Waals surface area contributed by atoms with Crippen molar-refractivity contribution < 1.29 is 23.9 Å². The van der Waals surface area contributed by atoms with Crippen molar-refractivity contribution >= 4 is 64.5 Å². The number of hydrazone groups is 1. The summed E-state index contributed by atoms with van der Waals surface area (Å²) < 4.78 is 11.0. The first-order valence-electron chi connectivity index (χ1n) is 10.1. The third-order valence-electron chi connectivity index (χ3n) is 4.31.